The molecule has 5 atom stereocenters. The smallest absolute Gasteiger partial charge is 0.229 e. The molecule has 0 saturated carbocycles. The predicted molar refractivity (Wildman–Crippen MR) is 217 cm³/mol. The average molecular weight is 755 g/mol. The van der Waals surface area contributed by atoms with Gasteiger partial charge in [0.15, 0.2) is 0 Å². The van der Waals surface area contributed by atoms with Crippen molar-refractivity contribution in [1.29, 1.82) is 0 Å². The van der Waals surface area contributed by atoms with E-state index < -0.39 is 30.7 Å². The van der Waals surface area contributed by atoms with E-state index in [1.165, 1.54) is 0 Å². The van der Waals surface area contributed by atoms with Crippen molar-refractivity contribution in [1.82, 2.24) is 5.32 Å². The fraction of sp³-hybridized carbons (Fsp3) is 0.298. The summed E-state index contributed by atoms with van der Waals surface area (Å²) in [5, 5.41) is 3.41. The molecule has 7 rings (SSSR count). The third kappa shape index (κ3) is 11.2. The van der Waals surface area contributed by atoms with Gasteiger partial charge in [-0.3, -0.25) is 4.99 Å². The average Bonchev–Trinajstić information content (AvgIpc) is 3.26. The summed E-state index contributed by atoms with van der Waals surface area (Å²) >= 11 is 0. The Hall–Kier alpha value is -5.29. The van der Waals surface area contributed by atoms with Crippen molar-refractivity contribution in [3.05, 3.63) is 179 Å². The second-order valence-electron chi connectivity index (χ2n) is 13.7. The van der Waals surface area contributed by atoms with E-state index in [9.17, 15) is 0 Å². The van der Waals surface area contributed by atoms with Crippen molar-refractivity contribution in [2.45, 2.75) is 63.6 Å². The van der Waals surface area contributed by atoms with Gasteiger partial charge in [-0.25, -0.2) is 0 Å². The van der Waals surface area contributed by atoms with Crippen LogP contribution in [0.3, 0.4) is 0 Å². The van der Waals surface area contributed by atoms with Crippen LogP contribution in [0.5, 0.6) is 5.75 Å². The number of amidine groups is 1. The number of rotatable bonds is 18. The van der Waals surface area contributed by atoms with E-state index in [-0.39, 0.29) is 6.61 Å². The van der Waals surface area contributed by atoms with Gasteiger partial charge >= 0.3 is 0 Å². The number of nitrogens with zero attached hydrogens (tertiary/aromatic N) is 1. The summed E-state index contributed by atoms with van der Waals surface area (Å²) in [6.45, 7) is 3.15. The maximum atomic E-state index is 7.00. The van der Waals surface area contributed by atoms with Crippen LogP contribution >= 0.6 is 0 Å². The predicted octanol–water partition coefficient (Wildman–Crippen LogP) is 8.14. The first-order valence-corrected chi connectivity index (χ1v) is 19.3. The van der Waals surface area contributed by atoms with Crippen LogP contribution in [-0.4, -0.2) is 63.3 Å². The van der Waals surface area contributed by atoms with Crippen molar-refractivity contribution in [3.8, 4) is 5.75 Å². The van der Waals surface area contributed by atoms with E-state index in [0.717, 1.165) is 58.9 Å². The zero-order valence-electron chi connectivity index (χ0n) is 31.8. The molecule has 56 heavy (non-hydrogen) atoms. The highest BCUT2D eigenvalue weighted by Crippen LogP contribution is 2.34. The fourth-order valence-corrected chi connectivity index (χ4v) is 6.68. The summed E-state index contributed by atoms with van der Waals surface area (Å²) in [5.41, 5.74) is 4.95. The molecule has 0 unspecified atom stereocenters. The molecule has 1 N–H and O–H groups in total. The molecule has 1 saturated heterocycles. The minimum absolute atomic E-state index is 0.223. The summed E-state index contributed by atoms with van der Waals surface area (Å²) in [6, 6.07) is 48.2. The highest BCUT2D eigenvalue weighted by molar-refractivity contribution is 5.98. The molecule has 5 aromatic carbocycles. The second kappa shape index (κ2) is 20.6. The van der Waals surface area contributed by atoms with Crippen LogP contribution in [0.4, 0.5) is 0 Å². The summed E-state index contributed by atoms with van der Waals surface area (Å²) in [4.78, 5) is 4.73. The molecular formula is C47H50N2O7. The summed E-state index contributed by atoms with van der Waals surface area (Å²) in [5.74, 6) is 2.04. The van der Waals surface area contributed by atoms with E-state index in [2.05, 4.69) is 17.4 Å². The number of benzene rings is 5. The van der Waals surface area contributed by atoms with Crippen molar-refractivity contribution in [3.63, 3.8) is 0 Å². The zero-order valence-corrected chi connectivity index (χ0v) is 31.8. The molecule has 0 amide bonds. The minimum atomic E-state index is -0.932. The standard InChI is InChI=1S/C47H50N2O7/c1-50-40-25-23-39(24-26-40)41(29-43-48-27-14-28-49-43)55-47-46(54-33-38-21-12-5-13-22-38)45(53-32-37-19-10-4-11-20-37)44(52-31-36-17-8-3-9-18-36)42(56-47)34-51-30-35-15-6-2-7-16-35/h2-13,15-26,29,42,44-47H,14,27-28,30-34H2,1H3,(H,48,49)/b41-29-/t42-,44-,45+,46-,47+/m1/s1. The molecule has 9 nitrogen and oxygen atoms in total. The van der Waals surface area contributed by atoms with Gasteiger partial charge < -0.3 is 38.5 Å². The number of ether oxygens (including phenoxy) is 7. The first-order valence-electron chi connectivity index (χ1n) is 19.3. The number of hydrogen-bond donors (Lipinski definition) is 1. The third-order valence-corrected chi connectivity index (χ3v) is 9.65. The lowest BCUT2D eigenvalue weighted by molar-refractivity contribution is -0.315. The second-order valence-corrected chi connectivity index (χ2v) is 13.7. The van der Waals surface area contributed by atoms with Gasteiger partial charge in [0.2, 0.25) is 6.29 Å². The molecule has 9 heteroatoms. The van der Waals surface area contributed by atoms with Gasteiger partial charge in [0.1, 0.15) is 41.8 Å². The summed E-state index contributed by atoms with van der Waals surface area (Å²) in [6.07, 6.45) is -0.578. The van der Waals surface area contributed by atoms with Gasteiger partial charge in [-0.15, -0.1) is 0 Å². The summed E-state index contributed by atoms with van der Waals surface area (Å²) < 4.78 is 46.5. The number of aliphatic imine (C=N–C) groups is 1. The maximum absolute atomic E-state index is 7.00. The quantitative estimate of drug-likeness (QED) is 0.0898. The van der Waals surface area contributed by atoms with Crippen LogP contribution in [0.2, 0.25) is 0 Å². The number of hydrogen-bond acceptors (Lipinski definition) is 9. The van der Waals surface area contributed by atoms with E-state index in [4.69, 9.17) is 38.2 Å². The van der Waals surface area contributed by atoms with Crippen LogP contribution in [0.1, 0.15) is 34.2 Å². The highest BCUT2D eigenvalue weighted by atomic mass is 16.7. The molecule has 2 heterocycles. The largest absolute Gasteiger partial charge is 0.497 e. The third-order valence-electron chi connectivity index (χ3n) is 9.65. The van der Waals surface area contributed by atoms with Gasteiger partial charge in [0, 0.05) is 24.7 Å². The minimum Gasteiger partial charge on any atom is -0.497 e. The molecule has 5 aromatic rings. The SMILES string of the molecule is COc1ccc(/C(=C/C2=NCCCN2)O[C@H]2O[C@H](COCc3ccccc3)[C@@H](OCc3ccccc3)[C@H](OCc3ccccc3)[C@H]2OCc2ccccc2)cc1. The van der Waals surface area contributed by atoms with Crippen LogP contribution in [0.15, 0.2) is 157 Å². The van der Waals surface area contributed by atoms with Gasteiger partial charge in [0.05, 0.1) is 40.1 Å². The van der Waals surface area contributed by atoms with E-state index in [0.29, 0.717) is 32.2 Å². The highest BCUT2D eigenvalue weighted by Gasteiger charge is 2.50. The lowest BCUT2D eigenvalue weighted by Gasteiger charge is -2.46. The van der Waals surface area contributed by atoms with E-state index in [1.807, 2.05) is 140 Å². The van der Waals surface area contributed by atoms with E-state index >= 15 is 0 Å². The van der Waals surface area contributed by atoms with Crippen molar-refractivity contribution < 1.29 is 33.2 Å². The Kier molecular flexibility index (Phi) is 14.3. The normalized spacial score (nSPS) is 21.1. The Morgan fingerprint density at radius 1 is 0.643 bits per heavy atom. The topological polar surface area (TPSA) is 89.0 Å². The molecule has 2 aliphatic heterocycles. The molecule has 0 bridgehead atoms. The van der Waals surface area contributed by atoms with Crippen LogP contribution in [0, 0.1) is 0 Å². The first kappa shape index (κ1) is 39.0. The van der Waals surface area contributed by atoms with Crippen molar-refractivity contribution in [2.75, 3.05) is 26.8 Å². The molecule has 2 aliphatic rings. The monoisotopic (exact) mass is 754 g/mol. The van der Waals surface area contributed by atoms with Gasteiger partial charge in [-0.1, -0.05) is 121 Å². The molecule has 0 spiro atoms. The lowest BCUT2D eigenvalue weighted by Crippen LogP contribution is -2.61. The molecule has 1 fully saturated rings. The van der Waals surface area contributed by atoms with Gasteiger partial charge in [-0.2, -0.15) is 0 Å². The molecular weight excluding hydrogens is 705 g/mol. The van der Waals surface area contributed by atoms with Crippen molar-refractivity contribution >= 4 is 11.6 Å². The zero-order chi connectivity index (χ0) is 38.2. The Morgan fingerprint density at radius 3 is 1.68 bits per heavy atom. The summed E-state index contributed by atoms with van der Waals surface area (Å²) in [7, 11) is 1.65. The van der Waals surface area contributed by atoms with Crippen LogP contribution in [0.25, 0.3) is 5.76 Å². The Bertz CT molecular complexity index is 1940. The Balaban J connectivity index is 1.26. The lowest BCUT2D eigenvalue weighted by atomic mass is 9.97. The van der Waals surface area contributed by atoms with Gasteiger partial charge in [-0.05, 0) is 52.9 Å². The van der Waals surface area contributed by atoms with Crippen LogP contribution in [-0.2, 0) is 54.8 Å². The molecule has 290 valence electrons. The number of nitrogens with one attached hydrogen (secondary N) is 1. The Labute approximate surface area is 329 Å². The fourth-order valence-electron chi connectivity index (χ4n) is 6.68. The van der Waals surface area contributed by atoms with Crippen LogP contribution < -0.4 is 10.1 Å². The number of methoxy groups -OCH3 is 1. The van der Waals surface area contributed by atoms with Crippen molar-refractivity contribution in [2.24, 2.45) is 4.99 Å². The van der Waals surface area contributed by atoms with Gasteiger partial charge in [0.25, 0.3) is 0 Å². The maximum Gasteiger partial charge on any atom is 0.229 e. The molecule has 0 aliphatic carbocycles. The molecule has 0 radical (unpaired) electrons. The Morgan fingerprint density at radius 2 is 1.16 bits per heavy atom. The first-order chi connectivity index (χ1) is 27.7. The molecule has 0 aromatic heterocycles. The van der Waals surface area contributed by atoms with E-state index in [1.54, 1.807) is 7.11 Å².